The lowest BCUT2D eigenvalue weighted by Gasteiger charge is -1.86. The van der Waals surface area contributed by atoms with Gasteiger partial charge in [-0.05, 0) is 13.0 Å². The number of aryl methyl sites for hydroxylation is 1. The molecule has 0 atom stereocenters. The summed E-state index contributed by atoms with van der Waals surface area (Å²) in [6.07, 6.45) is 0.582. The van der Waals surface area contributed by atoms with E-state index in [1.54, 1.807) is 12.1 Å². The minimum atomic E-state index is 0.488. The van der Waals surface area contributed by atoms with Gasteiger partial charge in [0.2, 0.25) is 6.41 Å². The molecule has 0 aliphatic rings. The molecule has 48 valence electrons. The standard InChI is InChI=1S/C6H7NO2/c1-5-2-3-6(9-5)7-4-8/h2-4H,1H3,(H,7,8). The van der Waals surface area contributed by atoms with Crippen molar-refractivity contribution in [2.75, 3.05) is 5.32 Å². The summed E-state index contributed by atoms with van der Waals surface area (Å²) >= 11 is 0. The lowest BCUT2D eigenvalue weighted by molar-refractivity contribution is -0.105. The van der Waals surface area contributed by atoms with Crippen LogP contribution in [-0.2, 0) is 4.79 Å². The lowest BCUT2D eigenvalue weighted by atomic mass is 10.5. The normalized spacial score (nSPS) is 9.00. The highest BCUT2D eigenvalue weighted by Gasteiger charge is 1.92. The molecule has 1 rings (SSSR count). The van der Waals surface area contributed by atoms with Crippen LogP contribution in [0.25, 0.3) is 0 Å². The predicted octanol–water partition coefficient (Wildman–Crippen LogP) is 1.16. The summed E-state index contributed by atoms with van der Waals surface area (Å²) in [5.74, 6) is 1.28. The zero-order chi connectivity index (χ0) is 6.69. The van der Waals surface area contributed by atoms with Crippen LogP contribution in [0.1, 0.15) is 5.76 Å². The monoisotopic (exact) mass is 125 g/mol. The third-order valence-electron chi connectivity index (χ3n) is 0.942. The number of carbonyl (C=O) groups excluding carboxylic acids is 1. The predicted molar refractivity (Wildman–Crippen MR) is 33.1 cm³/mol. The van der Waals surface area contributed by atoms with E-state index in [-0.39, 0.29) is 0 Å². The van der Waals surface area contributed by atoms with Gasteiger partial charge in [0.15, 0.2) is 5.88 Å². The van der Waals surface area contributed by atoms with E-state index in [0.717, 1.165) is 5.76 Å². The summed E-state index contributed by atoms with van der Waals surface area (Å²) in [4.78, 5) is 9.81. The van der Waals surface area contributed by atoms with Gasteiger partial charge in [-0.1, -0.05) is 0 Å². The molecule has 1 amide bonds. The average Bonchev–Trinajstić information content (AvgIpc) is 2.17. The van der Waals surface area contributed by atoms with Gasteiger partial charge >= 0.3 is 0 Å². The molecule has 9 heavy (non-hydrogen) atoms. The van der Waals surface area contributed by atoms with Gasteiger partial charge in [-0.25, -0.2) is 0 Å². The van der Waals surface area contributed by atoms with E-state index in [1.165, 1.54) is 0 Å². The Balaban J connectivity index is 2.72. The number of carbonyl (C=O) groups is 1. The second-order valence-electron chi connectivity index (χ2n) is 1.67. The Morgan fingerprint density at radius 1 is 1.67 bits per heavy atom. The molecule has 0 bridgehead atoms. The first kappa shape index (κ1) is 5.88. The molecule has 1 aromatic rings. The molecule has 3 nitrogen and oxygen atoms in total. The van der Waals surface area contributed by atoms with Crippen molar-refractivity contribution in [2.45, 2.75) is 6.92 Å². The Bertz CT molecular complexity index is 205. The smallest absolute Gasteiger partial charge is 0.213 e. The van der Waals surface area contributed by atoms with Crippen molar-refractivity contribution >= 4 is 12.3 Å². The highest BCUT2D eigenvalue weighted by Crippen LogP contribution is 2.09. The van der Waals surface area contributed by atoms with Gasteiger partial charge in [0.1, 0.15) is 5.76 Å². The maximum atomic E-state index is 9.81. The highest BCUT2D eigenvalue weighted by atomic mass is 16.4. The molecule has 0 aliphatic carbocycles. The van der Waals surface area contributed by atoms with E-state index in [1.807, 2.05) is 6.92 Å². The molecule has 0 spiro atoms. The Labute approximate surface area is 52.7 Å². The van der Waals surface area contributed by atoms with Crippen molar-refractivity contribution in [3.05, 3.63) is 17.9 Å². The molecule has 0 aliphatic heterocycles. The molecule has 0 aromatic carbocycles. The highest BCUT2D eigenvalue weighted by molar-refractivity contribution is 5.67. The van der Waals surface area contributed by atoms with Crippen LogP contribution in [0.4, 0.5) is 5.88 Å². The van der Waals surface area contributed by atoms with E-state index in [4.69, 9.17) is 4.42 Å². The summed E-state index contributed by atoms with van der Waals surface area (Å²) in [6.45, 7) is 1.82. The van der Waals surface area contributed by atoms with Gasteiger partial charge in [-0.3, -0.25) is 10.1 Å². The van der Waals surface area contributed by atoms with Crippen molar-refractivity contribution in [1.82, 2.24) is 0 Å². The second-order valence-corrected chi connectivity index (χ2v) is 1.67. The summed E-state index contributed by atoms with van der Waals surface area (Å²) in [7, 11) is 0. The first-order valence-electron chi connectivity index (χ1n) is 2.59. The molecular weight excluding hydrogens is 118 g/mol. The van der Waals surface area contributed by atoms with Crippen LogP contribution >= 0.6 is 0 Å². The van der Waals surface area contributed by atoms with Gasteiger partial charge < -0.3 is 4.42 Å². The average molecular weight is 125 g/mol. The molecule has 3 heteroatoms. The minimum absolute atomic E-state index is 0.488. The van der Waals surface area contributed by atoms with Gasteiger partial charge in [0.05, 0.1) is 0 Å². The van der Waals surface area contributed by atoms with Crippen LogP contribution < -0.4 is 5.32 Å². The van der Waals surface area contributed by atoms with Crippen molar-refractivity contribution < 1.29 is 9.21 Å². The zero-order valence-electron chi connectivity index (χ0n) is 5.05. The Hall–Kier alpha value is -1.25. The van der Waals surface area contributed by atoms with Gasteiger partial charge in [0.25, 0.3) is 0 Å². The third kappa shape index (κ3) is 1.32. The van der Waals surface area contributed by atoms with Gasteiger partial charge in [-0.15, -0.1) is 0 Å². The van der Waals surface area contributed by atoms with Gasteiger partial charge in [-0.2, -0.15) is 0 Å². The van der Waals surface area contributed by atoms with E-state index in [0.29, 0.717) is 12.3 Å². The van der Waals surface area contributed by atoms with Crippen molar-refractivity contribution in [1.29, 1.82) is 0 Å². The Morgan fingerprint density at radius 3 is 2.89 bits per heavy atom. The summed E-state index contributed by atoms with van der Waals surface area (Å²) in [5.41, 5.74) is 0. The Kier molecular flexibility index (Phi) is 1.53. The van der Waals surface area contributed by atoms with E-state index in [2.05, 4.69) is 5.32 Å². The fourth-order valence-corrected chi connectivity index (χ4v) is 0.570. The second kappa shape index (κ2) is 2.35. The van der Waals surface area contributed by atoms with Crippen LogP contribution in [0, 0.1) is 6.92 Å². The van der Waals surface area contributed by atoms with Crippen molar-refractivity contribution in [3.8, 4) is 0 Å². The number of hydrogen-bond acceptors (Lipinski definition) is 2. The Morgan fingerprint density at radius 2 is 2.44 bits per heavy atom. The number of anilines is 1. The quantitative estimate of drug-likeness (QED) is 0.602. The molecule has 0 radical (unpaired) electrons. The molecule has 0 fully saturated rings. The maximum absolute atomic E-state index is 9.81. The molecule has 1 heterocycles. The number of furan rings is 1. The fraction of sp³-hybridized carbons (Fsp3) is 0.167. The summed E-state index contributed by atoms with van der Waals surface area (Å²) in [5, 5.41) is 2.38. The summed E-state index contributed by atoms with van der Waals surface area (Å²) < 4.78 is 4.98. The fourth-order valence-electron chi connectivity index (χ4n) is 0.570. The van der Waals surface area contributed by atoms with Crippen LogP contribution in [-0.4, -0.2) is 6.41 Å². The molecule has 1 aromatic heterocycles. The number of rotatable bonds is 2. The minimum Gasteiger partial charge on any atom is -0.446 e. The number of hydrogen-bond donors (Lipinski definition) is 1. The molecule has 0 unspecified atom stereocenters. The van der Waals surface area contributed by atoms with Crippen LogP contribution in [0.5, 0.6) is 0 Å². The van der Waals surface area contributed by atoms with E-state index >= 15 is 0 Å². The SMILES string of the molecule is Cc1ccc(NC=O)o1. The number of amides is 1. The molecular formula is C6H7NO2. The third-order valence-corrected chi connectivity index (χ3v) is 0.942. The van der Waals surface area contributed by atoms with E-state index < -0.39 is 0 Å². The topological polar surface area (TPSA) is 42.2 Å². The van der Waals surface area contributed by atoms with Crippen LogP contribution in [0.3, 0.4) is 0 Å². The first-order chi connectivity index (χ1) is 4.33. The lowest BCUT2D eigenvalue weighted by Crippen LogP contribution is -1.89. The molecule has 1 N–H and O–H groups in total. The van der Waals surface area contributed by atoms with Crippen molar-refractivity contribution in [2.24, 2.45) is 0 Å². The molecule has 0 saturated heterocycles. The van der Waals surface area contributed by atoms with Crippen LogP contribution in [0.2, 0.25) is 0 Å². The number of nitrogens with one attached hydrogen (secondary N) is 1. The molecule has 0 saturated carbocycles. The van der Waals surface area contributed by atoms with Crippen LogP contribution in [0.15, 0.2) is 16.5 Å². The first-order valence-corrected chi connectivity index (χ1v) is 2.59. The summed E-state index contributed by atoms with van der Waals surface area (Å²) in [6, 6.07) is 3.48. The van der Waals surface area contributed by atoms with E-state index in [9.17, 15) is 4.79 Å². The largest absolute Gasteiger partial charge is 0.446 e. The zero-order valence-corrected chi connectivity index (χ0v) is 5.05. The van der Waals surface area contributed by atoms with Crippen molar-refractivity contribution in [3.63, 3.8) is 0 Å². The van der Waals surface area contributed by atoms with Gasteiger partial charge in [0, 0.05) is 6.07 Å². The maximum Gasteiger partial charge on any atom is 0.213 e.